The Kier molecular flexibility index (Phi) is 5.07. The van der Waals surface area contributed by atoms with Gasteiger partial charge >= 0.3 is 0 Å². The molecule has 0 unspecified atom stereocenters. The van der Waals surface area contributed by atoms with Gasteiger partial charge in [-0.25, -0.2) is 13.4 Å². The van der Waals surface area contributed by atoms with E-state index >= 15 is 0 Å². The molecule has 98 valence electrons. The van der Waals surface area contributed by atoms with Gasteiger partial charge in [0.2, 0.25) is 0 Å². The van der Waals surface area contributed by atoms with E-state index in [2.05, 4.69) is 29.2 Å². The summed E-state index contributed by atoms with van der Waals surface area (Å²) >= 11 is 0. The van der Waals surface area contributed by atoms with Crippen LogP contribution < -0.4 is 5.32 Å². The molecule has 0 spiro atoms. The smallest absolute Gasteiger partial charge is 0.164 e. The van der Waals surface area contributed by atoms with Crippen molar-refractivity contribution in [3.63, 3.8) is 0 Å². The topological polar surface area (TPSA) is 76.9 Å². The van der Waals surface area contributed by atoms with Crippen molar-refractivity contribution in [1.82, 2.24) is 20.1 Å². The van der Waals surface area contributed by atoms with Crippen molar-refractivity contribution in [2.75, 3.05) is 12.0 Å². The summed E-state index contributed by atoms with van der Waals surface area (Å²) < 4.78 is 23.6. The second kappa shape index (κ2) is 6.11. The number of nitrogens with one attached hydrogen (secondary N) is 1. The van der Waals surface area contributed by atoms with Gasteiger partial charge in [0.25, 0.3) is 0 Å². The first-order valence-electron chi connectivity index (χ1n) is 5.66. The molecule has 6 nitrogen and oxygen atoms in total. The molecule has 0 fully saturated rings. The molecule has 1 N–H and O–H groups in total. The summed E-state index contributed by atoms with van der Waals surface area (Å²) in [6, 6.07) is 0.396. The van der Waals surface area contributed by atoms with E-state index in [9.17, 15) is 8.42 Å². The van der Waals surface area contributed by atoms with Crippen LogP contribution in [0.25, 0.3) is 0 Å². The molecule has 0 atom stereocenters. The standard InChI is InChI=1S/C10H20N4O2S/c1-9(2)11-7-10-12-8-14(13-10)5-4-6-17(3,15)16/h8-9,11H,4-7H2,1-3H3. The molecule has 7 heteroatoms. The number of sulfone groups is 1. The lowest BCUT2D eigenvalue weighted by molar-refractivity contribution is 0.550. The summed E-state index contributed by atoms with van der Waals surface area (Å²) in [6.45, 7) is 5.34. The minimum absolute atomic E-state index is 0.187. The lowest BCUT2D eigenvalue weighted by Crippen LogP contribution is -2.22. The highest BCUT2D eigenvalue weighted by atomic mass is 32.2. The number of rotatable bonds is 7. The second-order valence-electron chi connectivity index (χ2n) is 4.44. The van der Waals surface area contributed by atoms with Crippen LogP contribution >= 0.6 is 0 Å². The zero-order valence-electron chi connectivity index (χ0n) is 10.5. The monoisotopic (exact) mass is 260 g/mol. The van der Waals surface area contributed by atoms with Crippen LogP contribution in [0.2, 0.25) is 0 Å². The Morgan fingerprint density at radius 1 is 1.47 bits per heavy atom. The van der Waals surface area contributed by atoms with Gasteiger partial charge in [0, 0.05) is 18.8 Å². The largest absolute Gasteiger partial charge is 0.308 e. The number of hydrogen-bond donors (Lipinski definition) is 1. The maximum atomic E-state index is 10.9. The third-order valence-corrected chi connectivity index (χ3v) is 3.18. The predicted octanol–water partition coefficient (Wildman–Crippen LogP) is 0.211. The molecule has 0 aliphatic heterocycles. The molecular formula is C10H20N4O2S. The van der Waals surface area contributed by atoms with Crippen molar-refractivity contribution in [3.8, 4) is 0 Å². The first-order valence-corrected chi connectivity index (χ1v) is 7.72. The predicted molar refractivity (Wildman–Crippen MR) is 66.3 cm³/mol. The summed E-state index contributed by atoms with van der Waals surface area (Å²) in [7, 11) is -2.88. The van der Waals surface area contributed by atoms with Crippen LogP contribution in [-0.4, -0.2) is 41.2 Å². The lowest BCUT2D eigenvalue weighted by Gasteiger charge is -2.04. The summed E-state index contributed by atoms with van der Waals surface area (Å²) in [6.07, 6.45) is 3.45. The summed E-state index contributed by atoms with van der Waals surface area (Å²) in [5.74, 6) is 0.921. The van der Waals surface area contributed by atoms with Crippen LogP contribution in [0.5, 0.6) is 0 Å². The molecule has 0 radical (unpaired) electrons. The Labute approximate surface area is 102 Å². The fraction of sp³-hybridized carbons (Fsp3) is 0.800. The van der Waals surface area contributed by atoms with Gasteiger partial charge in [0.05, 0.1) is 12.3 Å². The molecule has 0 aliphatic carbocycles. The van der Waals surface area contributed by atoms with Gasteiger partial charge in [0.15, 0.2) is 5.82 Å². The van der Waals surface area contributed by atoms with E-state index in [1.807, 2.05) is 0 Å². The third-order valence-electron chi connectivity index (χ3n) is 2.15. The van der Waals surface area contributed by atoms with Crippen LogP contribution in [0.1, 0.15) is 26.1 Å². The molecule has 0 aliphatic rings. The molecule has 0 aromatic carbocycles. The van der Waals surface area contributed by atoms with Gasteiger partial charge in [-0.2, -0.15) is 5.10 Å². The molecule has 0 amide bonds. The zero-order valence-corrected chi connectivity index (χ0v) is 11.4. The van der Waals surface area contributed by atoms with Crippen molar-refractivity contribution in [2.45, 2.75) is 39.4 Å². The number of aryl methyl sites for hydroxylation is 1. The molecule has 1 rings (SSSR count). The lowest BCUT2D eigenvalue weighted by atomic mass is 10.4. The Bertz CT molecular complexity index is 439. The van der Waals surface area contributed by atoms with Gasteiger partial charge in [0.1, 0.15) is 16.2 Å². The van der Waals surface area contributed by atoms with Crippen molar-refractivity contribution >= 4 is 9.84 Å². The number of nitrogens with zero attached hydrogens (tertiary/aromatic N) is 3. The molecule has 0 saturated heterocycles. The van der Waals surface area contributed by atoms with E-state index in [1.54, 1.807) is 11.0 Å². The van der Waals surface area contributed by atoms with Crippen LogP contribution in [0.3, 0.4) is 0 Å². The zero-order chi connectivity index (χ0) is 12.9. The van der Waals surface area contributed by atoms with Gasteiger partial charge in [-0.15, -0.1) is 0 Å². The Morgan fingerprint density at radius 3 is 2.76 bits per heavy atom. The van der Waals surface area contributed by atoms with Crippen molar-refractivity contribution in [3.05, 3.63) is 12.2 Å². The fourth-order valence-corrected chi connectivity index (χ4v) is 1.96. The second-order valence-corrected chi connectivity index (χ2v) is 6.70. The Morgan fingerprint density at radius 2 is 2.18 bits per heavy atom. The van der Waals surface area contributed by atoms with E-state index in [4.69, 9.17) is 0 Å². The summed E-state index contributed by atoms with van der Waals surface area (Å²) in [4.78, 5) is 4.14. The molecular weight excluding hydrogens is 240 g/mol. The third kappa shape index (κ3) is 6.38. The van der Waals surface area contributed by atoms with Crippen LogP contribution in [0.15, 0.2) is 6.33 Å². The Balaban J connectivity index is 2.35. The average molecular weight is 260 g/mol. The molecule has 17 heavy (non-hydrogen) atoms. The van der Waals surface area contributed by atoms with Crippen molar-refractivity contribution in [1.29, 1.82) is 0 Å². The van der Waals surface area contributed by atoms with Gasteiger partial charge in [-0.05, 0) is 6.42 Å². The Hall–Kier alpha value is -0.950. The maximum Gasteiger partial charge on any atom is 0.164 e. The minimum Gasteiger partial charge on any atom is -0.308 e. The molecule has 0 bridgehead atoms. The quantitative estimate of drug-likeness (QED) is 0.758. The van der Waals surface area contributed by atoms with E-state index in [0.29, 0.717) is 25.6 Å². The molecule has 1 heterocycles. The van der Waals surface area contributed by atoms with Crippen molar-refractivity contribution < 1.29 is 8.42 Å². The molecule has 0 saturated carbocycles. The van der Waals surface area contributed by atoms with E-state index < -0.39 is 9.84 Å². The summed E-state index contributed by atoms with van der Waals surface area (Å²) in [5.41, 5.74) is 0. The SMILES string of the molecule is CC(C)NCc1ncn(CCCS(C)(=O)=O)n1. The highest BCUT2D eigenvalue weighted by Gasteiger charge is 2.04. The first kappa shape index (κ1) is 14.1. The molecule has 1 aromatic rings. The highest BCUT2D eigenvalue weighted by Crippen LogP contribution is 1.95. The highest BCUT2D eigenvalue weighted by molar-refractivity contribution is 7.90. The first-order chi connectivity index (χ1) is 7.87. The van der Waals surface area contributed by atoms with Gasteiger partial charge < -0.3 is 5.32 Å². The average Bonchev–Trinajstić information content (AvgIpc) is 2.61. The van der Waals surface area contributed by atoms with Crippen LogP contribution in [-0.2, 0) is 22.9 Å². The van der Waals surface area contributed by atoms with Crippen LogP contribution in [0.4, 0.5) is 0 Å². The maximum absolute atomic E-state index is 10.9. The number of aromatic nitrogens is 3. The van der Waals surface area contributed by atoms with Gasteiger partial charge in [-0.1, -0.05) is 13.8 Å². The van der Waals surface area contributed by atoms with E-state index in [1.165, 1.54) is 6.26 Å². The summed E-state index contributed by atoms with van der Waals surface area (Å²) in [5, 5.41) is 7.47. The van der Waals surface area contributed by atoms with Gasteiger partial charge in [-0.3, -0.25) is 4.68 Å². The minimum atomic E-state index is -2.88. The molecule has 1 aromatic heterocycles. The normalized spacial score (nSPS) is 12.2. The van der Waals surface area contributed by atoms with E-state index in [-0.39, 0.29) is 5.75 Å². The fourth-order valence-electron chi connectivity index (χ4n) is 1.31. The van der Waals surface area contributed by atoms with Crippen LogP contribution in [0, 0.1) is 0 Å². The van der Waals surface area contributed by atoms with Crippen molar-refractivity contribution in [2.24, 2.45) is 0 Å². The number of hydrogen-bond acceptors (Lipinski definition) is 5. The van der Waals surface area contributed by atoms with E-state index in [0.717, 1.165) is 5.82 Å².